The average molecular weight is 353 g/mol. The number of rotatable bonds is 5. The summed E-state index contributed by atoms with van der Waals surface area (Å²) >= 11 is 0. The molecule has 0 spiro atoms. The number of nitrogens with one attached hydrogen (secondary N) is 2. The number of carbonyl (C=O) groups is 2. The van der Waals surface area contributed by atoms with Crippen LogP contribution >= 0.6 is 0 Å². The van der Waals surface area contributed by atoms with E-state index in [0.717, 1.165) is 12.0 Å². The molecule has 0 saturated carbocycles. The second-order valence-electron chi connectivity index (χ2n) is 5.88. The minimum Gasteiger partial charge on any atom is -0.356 e. The van der Waals surface area contributed by atoms with Crippen molar-refractivity contribution < 1.29 is 18.0 Å². The molecule has 1 fully saturated rings. The lowest BCUT2D eigenvalue weighted by Crippen LogP contribution is -2.38. The Morgan fingerprint density at radius 3 is 2.67 bits per heavy atom. The molecule has 2 amide bonds. The van der Waals surface area contributed by atoms with Crippen molar-refractivity contribution in [2.24, 2.45) is 0 Å². The summed E-state index contributed by atoms with van der Waals surface area (Å²) in [6, 6.07) is 5.23. The maximum Gasteiger partial charge on any atom is 0.235 e. The molecule has 0 aromatic heterocycles. The first-order chi connectivity index (χ1) is 11.3. The van der Waals surface area contributed by atoms with Crippen LogP contribution in [0.2, 0.25) is 0 Å². The summed E-state index contributed by atoms with van der Waals surface area (Å²) in [5.74, 6) is -0.268. The van der Waals surface area contributed by atoms with Gasteiger partial charge in [-0.05, 0) is 37.5 Å². The Morgan fingerprint density at radius 1 is 1.25 bits per heavy atom. The molecule has 24 heavy (non-hydrogen) atoms. The topological polar surface area (TPSA) is 95.6 Å². The number of amides is 2. The van der Waals surface area contributed by atoms with Crippen LogP contribution in [-0.2, 0) is 19.6 Å². The minimum absolute atomic E-state index is 0.153. The van der Waals surface area contributed by atoms with Crippen LogP contribution in [0.4, 0.5) is 11.4 Å². The molecule has 0 atom stereocenters. The first-order valence-corrected chi connectivity index (χ1v) is 9.56. The summed E-state index contributed by atoms with van der Waals surface area (Å²) in [5, 5.41) is 5.30. The van der Waals surface area contributed by atoms with Gasteiger partial charge in [0.1, 0.15) is 0 Å². The fourth-order valence-corrected chi connectivity index (χ4v) is 4.28. The molecular weight excluding hydrogens is 330 g/mol. The predicted molar refractivity (Wildman–Crippen MR) is 93.5 cm³/mol. The molecule has 1 saturated heterocycles. The zero-order chi connectivity index (χ0) is 17.7. The van der Waals surface area contributed by atoms with Crippen molar-refractivity contribution in [3.05, 3.63) is 23.8 Å². The largest absolute Gasteiger partial charge is 0.356 e. The van der Waals surface area contributed by atoms with Crippen LogP contribution in [0.1, 0.15) is 31.7 Å². The van der Waals surface area contributed by atoms with Gasteiger partial charge in [-0.1, -0.05) is 6.07 Å². The first kappa shape index (κ1) is 18.3. The quantitative estimate of drug-likeness (QED) is 0.836. The Labute approximate surface area is 142 Å². The van der Waals surface area contributed by atoms with E-state index in [9.17, 15) is 18.0 Å². The Hall–Kier alpha value is -2.09. The molecule has 0 unspecified atom stereocenters. The third-order valence-electron chi connectivity index (χ3n) is 3.84. The standard InChI is InChI=1S/C16H23N3O4S/c1-12-5-6-14(18-16(21)7-8-17-13(2)20)11-15(12)19-9-3-4-10-24(19,22)23/h5-6,11H,3-4,7-10H2,1-2H3,(H,17,20)(H,18,21). The van der Waals surface area contributed by atoms with Crippen molar-refractivity contribution in [1.82, 2.24) is 5.32 Å². The lowest BCUT2D eigenvalue weighted by atomic mass is 10.1. The fourth-order valence-electron chi connectivity index (χ4n) is 2.59. The molecule has 7 nitrogen and oxygen atoms in total. The highest BCUT2D eigenvalue weighted by molar-refractivity contribution is 7.92. The zero-order valence-corrected chi connectivity index (χ0v) is 14.8. The lowest BCUT2D eigenvalue weighted by molar-refractivity contribution is -0.119. The Morgan fingerprint density at radius 2 is 2.00 bits per heavy atom. The monoisotopic (exact) mass is 353 g/mol. The van der Waals surface area contributed by atoms with E-state index in [2.05, 4.69) is 10.6 Å². The molecule has 1 heterocycles. The number of sulfonamides is 1. The molecule has 2 N–H and O–H groups in total. The summed E-state index contributed by atoms with van der Waals surface area (Å²) < 4.78 is 26.0. The van der Waals surface area contributed by atoms with Crippen molar-refractivity contribution in [1.29, 1.82) is 0 Å². The van der Waals surface area contributed by atoms with Gasteiger partial charge < -0.3 is 10.6 Å². The summed E-state index contributed by atoms with van der Waals surface area (Å²) in [5.41, 5.74) is 2.00. The molecule has 1 aliphatic rings. The fraction of sp³-hybridized carbons (Fsp3) is 0.500. The molecule has 132 valence electrons. The van der Waals surface area contributed by atoms with E-state index in [1.165, 1.54) is 11.2 Å². The normalized spacial score (nSPS) is 16.5. The van der Waals surface area contributed by atoms with Crippen molar-refractivity contribution in [3.63, 3.8) is 0 Å². The maximum atomic E-state index is 12.3. The highest BCUT2D eigenvalue weighted by atomic mass is 32.2. The van der Waals surface area contributed by atoms with E-state index >= 15 is 0 Å². The first-order valence-electron chi connectivity index (χ1n) is 7.95. The van der Waals surface area contributed by atoms with Crippen molar-refractivity contribution in [2.75, 3.05) is 28.5 Å². The lowest BCUT2D eigenvalue weighted by Gasteiger charge is -2.29. The smallest absolute Gasteiger partial charge is 0.235 e. The summed E-state index contributed by atoms with van der Waals surface area (Å²) in [7, 11) is -3.29. The molecule has 0 radical (unpaired) electrons. The molecule has 8 heteroatoms. The molecule has 0 aliphatic carbocycles. The van der Waals surface area contributed by atoms with Crippen molar-refractivity contribution >= 4 is 33.2 Å². The van der Waals surface area contributed by atoms with Crippen LogP contribution in [0, 0.1) is 6.92 Å². The van der Waals surface area contributed by atoms with Crippen LogP contribution in [0.15, 0.2) is 18.2 Å². The van der Waals surface area contributed by atoms with Crippen LogP contribution in [0.25, 0.3) is 0 Å². The SMILES string of the molecule is CC(=O)NCCC(=O)Nc1ccc(C)c(N2CCCCS2(=O)=O)c1. The van der Waals surface area contributed by atoms with Crippen molar-refractivity contribution in [2.45, 2.75) is 33.1 Å². The predicted octanol–water partition coefficient (Wildman–Crippen LogP) is 1.39. The third-order valence-corrected chi connectivity index (χ3v) is 5.69. The molecule has 2 rings (SSSR count). The van der Waals surface area contributed by atoms with Gasteiger partial charge in [0, 0.05) is 32.1 Å². The van der Waals surface area contributed by atoms with Crippen LogP contribution < -0.4 is 14.9 Å². The van der Waals surface area contributed by atoms with E-state index in [4.69, 9.17) is 0 Å². The number of benzene rings is 1. The van der Waals surface area contributed by atoms with Crippen LogP contribution in [-0.4, -0.2) is 39.1 Å². The van der Waals surface area contributed by atoms with Gasteiger partial charge in [0.25, 0.3) is 0 Å². The summed E-state index contributed by atoms with van der Waals surface area (Å²) in [6.07, 6.45) is 1.66. The zero-order valence-electron chi connectivity index (χ0n) is 14.0. The summed E-state index contributed by atoms with van der Waals surface area (Å²) in [6.45, 7) is 3.97. The highest BCUT2D eigenvalue weighted by Gasteiger charge is 2.27. The Bertz CT molecular complexity index is 731. The maximum absolute atomic E-state index is 12.3. The van der Waals surface area contributed by atoms with Gasteiger partial charge in [0.2, 0.25) is 21.8 Å². The number of nitrogens with zero attached hydrogens (tertiary/aromatic N) is 1. The molecular formula is C16H23N3O4S. The molecule has 1 aromatic carbocycles. The van der Waals surface area contributed by atoms with Gasteiger partial charge in [0.15, 0.2) is 0 Å². The van der Waals surface area contributed by atoms with E-state index < -0.39 is 10.0 Å². The highest BCUT2D eigenvalue weighted by Crippen LogP contribution is 2.29. The molecule has 1 aromatic rings. The van der Waals surface area contributed by atoms with E-state index in [1.54, 1.807) is 18.2 Å². The van der Waals surface area contributed by atoms with Gasteiger partial charge in [-0.2, -0.15) is 0 Å². The number of aryl methyl sites for hydroxylation is 1. The Balaban J connectivity index is 2.11. The van der Waals surface area contributed by atoms with Gasteiger partial charge in [-0.3, -0.25) is 13.9 Å². The van der Waals surface area contributed by atoms with E-state index in [1.807, 2.05) is 6.92 Å². The second kappa shape index (κ2) is 7.65. The van der Waals surface area contributed by atoms with Gasteiger partial charge in [-0.15, -0.1) is 0 Å². The van der Waals surface area contributed by atoms with E-state index in [0.29, 0.717) is 24.3 Å². The summed E-state index contributed by atoms with van der Waals surface area (Å²) in [4.78, 5) is 22.7. The number of carbonyl (C=O) groups excluding carboxylic acids is 2. The van der Waals surface area contributed by atoms with Gasteiger partial charge in [-0.25, -0.2) is 8.42 Å². The van der Waals surface area contributed by atoms with Gasteiger partial charge >= 0.3 is 0 Å². The van der Waals surface area contributed by atoms with Crippen LogP contribution in [0.5, 0.6) is 0 Å². The third kappa shape index (κ3) is 4.70. The molecule has 1 aliphatic heterocycles. The second-order valence-corrected chi connectivity index (χ2v) is 7.89. The molecule has 0 bridgehead atoms. The average Bonchev–Trinajstić information content (AvgIpc) is 2.49. The number of anilines is 2. The van der Waals surface area contributed by atoms with Crippen LogP contribution in [0.3, 0.4) is 0 Å². The van der Waals surface area contributed by atoms with Gasteiger partial charge in [0.05, 0.1) is 11.4 Å². The van der Waals surface area contributed by atoms with Crippen molar-refractivity contribution in [3.8, 4) is 0 Å². The Kier molecular flexibility index (Phi) is 5.82. The van der Waals surface area contributed by atoms with E-state index in [-0.39, 0.29) is 30.5 Å². The minimum atomic E-state index is -3.29. The number of hydrogen-bond donors (Lipinski definition) is 2. The number of hydrogen-bond acceptors (Lipinski definition) is 4.